The molecule has 0 aromatic rings. The van der Waals surface area contributed by atoms with Gasteiger partial charge in [-0.2, -0.15) is 0 Å². The predicted molar refractivity (Wildman–Crippen MR) is 281 cm³/mol. The summed E-state index contributed by atoms with van der Waals surface area (Å²) in [5.74, 6) is 10.1. The van der Waals surface area contributed by atoms with Crippen molar-refractivity contribution in [2.24, 2.45) is 88.8 Å². The Kier molecular flexibility index (Phi) is 41.2. The Balaban J connectivity index is -0.000000214. The van der Waals surface area contributed by atoms with E-state index in [1.807, 2.05) is 55.4 Å². The lowest BCUT2D eigenvalue weighted by atomic mass is 9.90. The molecular formula is C58H120O3. The molecule has 3 heteroatoms. The molecule has 0 aliphatic heterocycles. The van der Waals surface area contributed by atoms with Gasteiger partial charge in [-0.1, -0.05) is 221 Å². The smallest absolute Gasteiger partial charge is 0.0651 e. The fraction of sp³-hybridized carbons (Fsp3) is 0.897. The summed E-state index contributed by atoms with van der Waals surface area (Å²) in [6.45, 7) is 60.6. The van der Waals surface area contributed by atoms with Crippen molar-refractivity contribution in [2.45, 2.75) is 249 Å². The molecule has 3 nitrogen and oxygen atoms in total. The average Bonchev–Trinajstić information content (AvgIpc) is 3.10. The van der Waals surface area contributed by atoms with Crippen LogP contribution < -0.4 is 0 Å². The molecule has 0 rings (SSSR count). The fourth-order valence-corrected chi connectivity index (χ4v) is 4.77. The number of hydrogen-bond donors (Lipinski definition) is 3. The Morgan fingerprint density at radius 1 is 0.328 bits per heavy atom. The van der Waals surface area contributed by atoms with Gasteiger partial charge in [0, 0.05) is 11.8 Å². The van der Waals surface area contributed by atoms with E-state index in [4.69, 9.17) is 0 Å². The lowest BCUT2D eigenvalue weighted by molar-refractivity contribution is 0.0434. The van der Waals surface area contributed by atoms with Crippen molar-refractivity contribution in [1.29, 1.82) is 0 Å². The standard InChI is InChI=1S/2C12H24O.C12H24.C11H24O.C11H24/c2*1-9(2)10(3)7-8-11(4)12(5,6)13;1-9(2)11(5)7-8-12(6)10(3)4;1-9(2)10(3)7-6-8-11(4,5)12;1-9(2)7-6-8-11(5)10(3)4/h2*7-11,13H,1-6H3;7-12H,1-6H3;9-10,12H,6-8H2,1-5H3;9-11H,6-8H2,1-5H3/b3*8-7+;;/t2*10?,11-;11-,12?;;/m100../s1. The zero-order chi connectivity index (χ0) is 49.6. The second kappa shape index (κ2) is 36.3. The van der Waals surface area contributed by atoms with Crippen molar-refractivity contribution < 1.29 is 15.3 Å². The van der Waals surface area contributed by atoms with Gasteiger partial charge in [-0.25, -0.2) is 0 Å². The van der Waals surface area contributed by atoms with Crippen LogP contribution in [0, 0.1) is 88.8 Å². The Labute approximate surface area is 388 Å². The molecule has 8 atom stereocenters. The van der Waals surface area contributed by atoms with E-state index in [2.05, 4.69) is 175 Å². The topological polar surface area (TPSA) is 60.7 Å². The maximum atomic E-state index is 9.69. The van der Waals surface area contributed by atoms with Gasteiger partial charge >= 0.3 is 0 Å². The number of hydrogen-bond acceptors (Lipinski definition) is 3. The molecule has 0 spiro atoms. The van der Waals surface area contributed by atoms with E-state index in [0.29, 0.717) is 35.5 Å². The molecule has 0 saturated carbocycles. The molecule has 61 heavy (non-hydrogen) atoms. The molecule has 370 valence electrons. The predicted octanol–water partition coefficient (Wildman–Crippen LogP) is 17.9. The number of allylic oxidation sites excluding steroid dienone is 4. The molecule has 0 heterocycles. The first-order valence-corrected chi connectivity index (χ1v) is 25.5. The van der Waals surface area contributed by atoms with Gasteiger partial charge in [-0.15, -0.1) is 0 Å². The van der Waals surface area contributed by atoms with Crippen molar-refractivity contribution >= 4 is 0 Å². The van der Waals surface area contributed by atoms with Crippen molar-refractivity contribution in [2.75, 3.05) is 0 Å². The van der Waals surface area contributed by atoms with Crippen LogP contribution in [-0.4, -0.2) is 32.1 Å². The lowest BCUT2D eigenvalue weighted by Crippen LogP contribution is -2.27. The van der Waals surface area contributed by atoms with Crippen LogP contribution in [0.5, 0.6) is 0 Å². The first-order chi connectivity index (χ1) is 27.3. The summed E-state index contributed by atoms with van der Waals surface area (Å²) >= 11 is 0. The molecule has 0 saturated heterocycles. The molecular weight excluding hydrogens is 745 g/mol. The van der Waals surface area contributed by atoms with E-state index in [1.54, 1.807) is 0 Å². The molecule has 3 N–H and O–H groups in total. The van der Waals surface area contributed by atoms with Crippen LogP contribution in [0.2, 0.25) is 0 Å². The lowest BCUT2D eigenvalue weighted by Gasteiger charge is -2.23. The fourth-order valence-electron chi connectivity index (χ4n) is 4.77. The summed E-state index contributed by atoms with van der Waals surface area (Å²) in [4.78, 5) is 0. The zero-order valence-corrected chi connectivity index (χ0v) is 47.2. The molecule has 0 fully saturated rings. The van der Waals surface area contributed by atoms with Gasteiger partial charge in [0.05, 0.1) is 16.8 Å². The Bertz CT molecular complexity index is 981. The van der Waals surface area contributed by atoms with Gasteiger partial charge in [-0.3, -0.25) is 0 Å². The summed E-state index contributed by atoms with van der Waals surface area (Å²) in [5, 5.41) is 28.8. The van der Waals surface area contributed by atoms with Crippen molar-refractivity contribution in [3.8, 4) is 0 Å². The van der Waals surface area contributed by atoms with Crippen LogP contribution in [0.25, 0.3) is 0 Å². The normalized spacial score (nSPS) is 16.8. The Hall–Kier alpha value is -0.900. The van der Waals surface area contributed by atoms with Crippen LogP contribution >= 0.6 is 0 Å². The number of rotatable bonds is 22. The highest BCUT2D eigenvalue weighted by molar-refractivity contribution is 4.97. The second-order valence-corrected chi connectivity index (χ2v) is 23.9. The maximum Gasteiger partial charge on any atom is 0.0651 e. The quantitative estimate of drug-likeness (QED) is 0.0950. The van der Waals surface area contributed by atoms with E-state index in [9.17, 15) is 15.3 Å². The zero-order valence-electron chi connectivity index (χ0n) is 47.2. The Morgan fingerprint density at radius 2 is 0.574 bits per heavy atom. The highest BCUT2D eigenvalue weighted by Gasteiger charge is 2.21. The summed E-state index contributed by atoms with van der Waals surface area (Å²) < 4.78 is 0. The second-order valence-electron chi connectivity index (χ2n) is 23.9. The van der Waals surface area contributed by atoms with Gasteiger partial charge in [0.1, 0.15) is 0 Å². The minimum atomic E-state index is -0.604. The number of aliphatic hydroxyl groups is 3. The van der Waals surface area contributed by atoms with Crippen LogP contribution in [0.4, 0.5) is 0 Å². The SMILES string of the molecule is CC(C)C(C)/C=C/[C@@H](C)C(C)(C)O.CC(C)C(C)/C=C/[C@H](C)C(C)(C)O.CC(C)C(C)/C=C/[C@H](C)C(C)C.CC(C)C(C)CCCC(C)(C)O.CC(C)CCCC(C)C(C)C. The molecule has 0 bridgehead atoms. The molecule has 0 aromatic carbocycles. The van der Waals surface area contributed by atoms with E-state index >= 15 is 0 Å². The largest absolute Gasteiger partial charge is 0.390 e. The van der Waals surface area contributed by atoms with E-state index in [0.717, 1.165) is 54.3 Å². The minimum absolute atomic E-state index is 0.216. The molecule has 0 aliphatic carbocycles. The minimum Gasteiger partial charge on any atom is -0.390 e. The summed E-state index contributed by atoms with van der Waals surface area (Å²) in [6.07, 6.45) is 20.9. The third-order valence-electron chi connectivity index (χ3n) is 13.7. The molecule has 0 radical (unpaired) electrons. The average molecular weight is 866 g/mol. The van der Waals surface area contributed by atoms with Crippen molar-refractivity contribution in [3.05, 3.63) is 36.5 Å². The highest BCUT2D eigenvalue weighted by atomic mass is 16.3. The summed E-state index contributed by atoms with van der Waals surface area (Å²) in [7, 11) is 0. The maximum absolute atomic E-state index is 9.69. The molecule has 0 aromatic heterocycles. The molecule has 5 unspecified atom stereocenters. The van der Waals surface area contributed by atoms with Gasteiger partial charge < -0.3 is 15.3 Å². The van der Waals surface area contributed by atoms with Crippen LogP contribution in [0.1, 0.15) is 232 Å². The first kappa shape index (κ1) is 69.1. The Morgan fingerprint density at radius 3 is 0.770 bits per heavy atom. The van der Waals surface area contributed by atoms with Crippen molar-refractivity contribution in [3.63, 3.8) is 0 Å². The third-order valence-corrected chi connectivity index (χ3v) is 13.7. The van der Waals surface area contributed by atoms with Crippen LogP contribution in [-0.2, 0) is 0 Å². The van der Waals surface area contributed by atoms with Gasteiger partial charge in [0.15, 0.2) is 0 Å². The monoisotopic (exact) mass is 865 g/mol. The molecule has 0 aliphatic rings. The van der Waals surface area contributed by atoms with Crippen molar-refractivity contribution in [1.82, 2.24) is 0 Å². The third kappa shape index (κ3) is 48.4. The van der Waals surface area contributed by atoms with E-state index in [-0.39, 0.29) is 11.8 Å². The van der Waals surface area contributed by atoms with E-state index in [1.165, 1.54) is 25.7 Å². The van der Waals surface area contributed by atoms with E-state index < -0.39 is 16.8 Å². The molecule has 0 amide bonds. The van der Waals surface area contributed by atoms with Gasteiger partial charge in [-0.05, 0) is 125 Å². The first-order valence-electron chi connectivity index (χ1n) is 25.5. The summed E-state index contributed by atoms with van der Waals surface area (Å²) in [6, 6.07) is 0. The van der Waals surface area contributed by atoms with Gasteiger partial charge in [0.2, 0.25) is 0 Å². The van der Waals surface area contributed by atoms with Crippen LogP contribution in [0.15, 0.2) is 36.5 Å². The highest BCUT2D eigenvalue weighted by Crippen LogP contribution is 2.23. The summed E-state index contributed by atoms with van der Waals surface area (Å²) in [5.41, 5.74) is -1.68. The van der Waals surface area contributed by atoms with Gasteiger partial charge in [0.25, 0.3) is 0 Å². The van der Waals surface area contributed by atoms with Crippen LogP contribution in [0.3, 0.4) is 0 Å².